The molecule has 1 N–H and O–H groups in total. The Balaban J connectivity index is 1.64. The molecule has 0 atom stereocenters. The van der Waals surface area contributed by atoms with E-state index in [0.29, 0.717) is 11.6 Å². The number of sulfonamides is 1. The summed E-state index contributed by atoms with van der Waals surface area (Å²) in [5, 5.41) is 1.83. The van der Waals surface area contributed by atoms with Gasteiger partial charge < -0.3 is 0 Å². The SMILES string of the molecule is O=S(=O)(/C=C/c1ccc(Cl)cc1)NCC1(c2ccccc2)CC1. The van der Waals surface area contributed by atoms with Crippen molar-refractivity contribution in [2.24, 2.45) is 0 Å². The smallest absolute Gasteiger partial charge is 0.211 e. The van der Waals surface area contributed by atoms with Gasteiger partial charge in [-0.2, -0.15) is 0 Å². The molecule has 5 heteroatoms. The van der Waals surface area contributed by atoms with Crippen molar-refractivity contribution in [3.63, 3.8) is 0 Å². The van der Waals surface area contributed by atoms with Crippen LogP contribution in [0.5, 0.6) is 0 Å². The molecule has 3 rings (SSSR count). The summed E-state index contributed by atoms with van der Waals surface area (Å²) in [6.45, 7) is 0.435. The molecule has 0 unspecified atom stereocenters. The van der Waals surface area contributed by atoms with E-state index in [1.54, 1.807) is 30.3 Å². The zero-order chi connectivity index (χ0) is 16.3. The van der Waals surface area contributed by atoms with Crippen LogP contribution in [0.1, 0.15) is 24.0 Å². The second-order valence-corrected chi connectivity index (χ2v) is 7.95. The van der Waals surface area contributed by atoms with E-state index in [-0.39, 0.29) is 5.41 Å². The van der Waals surface area contributed by atoms with Gasteiger partial charge in [-0.3, -0.25) is 0 Å². The lowest BCUT2D eigenvalue weighted by Gasteiger charge is -2.15. The summed E-state index contributed by atoms with van der Waals surface area (Å²) in [5.41, 5.74) is 1.95. The minimum Gasteiger partial charge on any atom is -0.211 e. The normalized spacial score (nSPS) is 16.6. The van der Waals surface area contributed by atoms with Gasteiger partial charge in [-0.1, -0.05) is 54.1 Å². The lowest BCUT2D eigenvalue weighted by molar-refractivity contribution is 0.576. The van der Waals surface area contributed by atoms with Gasteiger partial charge in [0.25, 0.3) is 0 Å². The molecule has 3 nitrogen and oxygen atoms in total. The van der Waals surface area contributed by atoms with E-state index in [2.05, 4.69) is 16.9 Å². The van der Waals surface area contributed by atoms with Crippen molar-refractivity contribution >= 4 is 27.7 Å². The summed E-state index contributed by atoms with van der Waals surface area (Å²) in [4.78, 5) is 0. The maximum absolute atomic E-state index is 12.2. The summed E-state index contributed by atoms with van der Waals surface area (Å²) < 4.78 is 27.0. The molecule has 1 aliphatic carbocycles. The van der Waals surface area contributed by atoms with Crippen LogP contribution in [0.15, 0.2) is 60.0 Å². The van der Waals surface area contributed by atoms with Gasteiger partial charge in [0.05, 0.1) is 0 Å². The van der Waals surface area contributed by atoms with E-state index in [9.17, 15) is 8.42 Å². The van der Waals surface area contributed by atoms with Crippen molar-refractivity contribution in [1.29, 1.82) is 0 Å². The van der Waals surface area contributed by atoms with Crippen LogP contribution in [0.25, 0.3) is 6.08 Å². The molecule has 0 aromatic heterocycles. The summed E-state index contributed by atoms with van der Waals surface area (Å²) in [6, 6.07) is 17.1. The van der Waals surface area contributed by atoms with Crippen molar-refractivity contribution in [3.8, 4) is 0 Å². The molecular formula is C18H18ClNO2S. The number of rotatable bonds is 6. The zero-order valence-electron chi connectivity index (χ0n) is 12.6. The minimum atomic E-state index is -3.45. The molecule has 2 aromatic rings. The molecule has 0 heterocycles. The highest BCUT2D eigenvalue weighted by Gasteiger charge is 2.44. The number of nitrogens with one attached hydrogen (secondary N) is 1. The fraction of sp³-hybridized carbons (Fsp3) is 0.222. The highest BCUT2D eigenvalue weighted by Crippen LogP contribution is 2.47. The van der Waals surface area contributed by atoms with Crippen LogP contribution in [0.4, 0.5) is 0 Å². The Morgan fingerprint density at radius 1 is 1.04 bits per heavy atom. The highest BCUT2D eigenvalue weighted by atomic mass is 35.5. The van der Waals surface area contributed by atoms with Crippen molar-refractivity contribution in [2.75, 3.05) is 6.54 Å². The molecule has 0 saturated heterocycles. The Morgan fingerprint density at radius 3 is 2.30 bits per heavy atom. The number of benzene rings is 2. The maximum Gasteiger partial charge on any atom is 0.233 e. The molecule has 2 aromatic carbocycles. The second-order valence-electron chi connectivity index (χ2n) is 5.87. The van der Waals surface area contributed by atoms with Crippen LogP contribution >= 0.6 is 11.6 Å². The van der Waals surface area contributed by atoms with E-state index < -0.39 is 10.0 Å². The van der Waals surface area contributed by atoms with Crippen molar-refractivity contribution in [2.45, 2.75) is 18.3 Å². The van der Waals surface area contributed by atoms with Crippen LogP contribution in [0.3, 0.4) is 0 Å². The van der Waals surface area contributed by atoms with Gasteiger partial charge in [-0.05, 0) is 42.2 Å². The van der Waals surface area contributed by atoms with Gasteiger partial charge in [0, 0.05) is 22.4 Å². The average Bonchev–Trinajstić information content (AvgIpc) is 3.35. The first kappa shape index (κ1) is 16.2. The number of hydrogen-bond donors (Lipinski definition) is 1. The first-order chi connectivity index (χ1) is 11.0. The van der Waals surface area contributed by atoms with Crippen LogP contribution in [-0.4, -0.2) is 15.0 Å². The predicted octanol–water partition coefficient (Wildman–Crippen LogP) is 3.96. The van der Waals surface area contributed by atoms with Gasteiger partial charge in [0.2, 0.25) is 10.0 Å². The molecule has 0 bridgehead atoms. The van der Waals surface area contributed by atoms with Crippen molar-refractivity contribution < 1.29 is 8.42 Å². The maximum atomic E-state index is 12.2. The Morgan fingerprint density at radius 2 is 1.70 bits per heavy atom. The molecule has 120 valence electrons. The van der Waals surface area contributed by atoms with Crippen LogP contribution in [0, 0.1) is 0 Å². The predicted molar refractivity (Wildman–Crippen MR) is 94.8 cm³/mol. The Bertz CT molecular complexity index is 795. The molecule has 1 fully saturated rings. The Kier molecular flexibility index (Phi) is 4.57. The van der Waals surface area contributed by atoms with Crippen LogP contribution < -0.4 is 4.72 Å². The fourth-order valence-electron chi connectivity index (χ4n) is 2.54. The molecule has 0 spiro atoms. The van der Waals surface area contributed by atoms with Gasteiger partial charge in [-0.25, -0.2) is 13.1 Å². The van der Waals surface area contributed by atoms with Gasteiger partial charge >= 0.3 is 0 Å². The lowest BCUT2D eigenvalue weighted by Crippen LogP contribution is -2.30. The molecule has 0 amide bonds. The molecule has 23 heavy (non-hydrogen) atoms. The third-order valence-electron chi connectivity index (χ3n) is 4.16. The van der Waals surface area contributed by atoms with E-state index in [1.165, 1.54) is 11.0 Å². The van der Waals surface area contributed by atoms with E-state index in [1.807, 2.05) is 18.2 Å². The van der Waals surface area contributed by atoms with E-state index >= 15 is 0 Å². The number of hydrogen-bond acceptors (Lipinski definition) is 2. The van der Waals surface area contributed by atoms with Gasteiger partial charge in [0.1, 0.15) is 0 Å². The largest absolute Gasteiger partial charge is 0.233 e. The molecular weight excluding hydrogens is 330 g/mol. The standard InChI is InChI=1S/C18H18ClNO2S/c19-17-8-6-15(7-9-17)10-13-23(21,22)20-14-18(11-12-18)16-4-2-1-3-5-16/h1-10,13,20H,11-12,14H2/b13-10+. The summed E-state index contributed by atoms with van der Waals surface area (Å²) in [6.07, 6.45) is 3.60. The minimum absolute atomic E-state index is 0.0392. The monoisotopic (exact) mass is 347 g/mol. The molecule has 1 saturated carbocycles. The summed E-state index contributed by atoms with van der Waals surface area (Å²) >= 11 is 5.81. The van der Waals surface area contributed by atoms with Crippen molar-refractivity contribution in [3.05, 3.63) is 76.2 Å². The second kappa shape index (κ2) is 6.48. The third kappa shape index (κ3) is 4.22. The zero-order valence-corrected chi connectivity index (χ0v) is 14.1. The molecule has 0 radical (unpaired) electrons. The molecule has 0 aliphatic heterocycles. The first-order valence-electron chi connectivity index (χ1n) is 7.48. The fourth-order valence-corrected chi connectivity index (χ4v) is 3.57. The third-order valence-corrected chi connectivity index (χ3v) is 5.45. The first-order valence-corrected chi connectivity index (χ1v) is 9.40. The van der Waals surface area contributed by atoms with Gasteiger partial charge in [-0.15, -0.1) is 0 Å². The van der Waals surface area contributed by atoms with Crippen LogP contribution in [-0.2, 0) is 15.4 Å². The quantitative estimate of drug-likeness (QED) is 0.859. The molecule has 1 aliphatic rings. The van der Waals surface area contributed by atoms with E-state index in [0.717, 1.165) is 18.4 Å². The highest BCUT2D eigenvalue weighted by molar-refractivity contribution is 7.92. The summed E-state index contributed by atoms with van der Waals surface area (Å²) in [7, 11) is -3.45. The average molecular weight is 348 g/mol. The Hall–Kier alpha value is -1.62. The Labute approximate surface area is 142 Å². The number of halogens is 1. The van der Waals surface area contributed by atoms with Crippen LogP contribution in [0.2, 0.25) is 5.02 Å². The van der Waals surface area contributed by atoms with E-state index in [4.69, 9.17) is 11.6 Å². The lowest BCUT2D eigenvalue weighted by atomic mass is 9.96. The van der Waals surface area contributed by atoms with Crippen molar-refractivity contribution in [1.82, 2.24) is 4.72 Å². The summed E-state index contributed by atoms with van der Waals surface area (Å²) in [5.74, 6) is 0. The van der Waals surface area contributed by atoms with Gasteiger partial charge in [0.15, 0.2) is 0 Å². The topological polar surface area (TPSA) is 46.2 Å².